The molecule has 0 aliphatic carbocycles. The smallest absolute Gasteiger partial charge is 0.0410 e. The summed E-state index contributed by atoms with van der Waals surface area (Å²) in [6.45, 7) is 3.46. The Morgan fingerprint density at radius 1 is 1.29 bits per heavy atom. The van der Waals surface area contributed by atoms with Gasteiger partial charge in [-0.2, -0.15) is 0 Å². The molecule has 1 aromatic carbocycles. The van der Waals surface area contributed by atoms with Crippen molar-refractivity contribution < 1.29 is 0 Å². The molecule has 2 rings (SSSR count). The molecule has 1 saturated heterocycles. The second kappa shape index (κ2) is 4.65. The van der Waals surface area contributed by atoms with E-state index in [-0.39, 0.29) is 0 Å². The van der Waals surface area contributed by atoms with E-state index in [9.17, 15) is 0 Å². The zero-order valence-corrected chi connectivity index (χ0v) is 10.3. The highest BCUT2D eigenvalue weighted by molar-refractivity contribution is 9.10. The lowest BCUT2D eigenvalue weighted by Gasteiger charge is -2.15. The minimum absolute atomic E-state index is 0.822. The summed E-state index contributed by atoms with van der Waals surface area (Å²) in [7, 11) is 0. The lowest BCUT2D eigenvalue weighted by molar-refractivity contribution is 0.331. The molecule has 3 heteroatoms. The van der Waals surface area contributed by atoms with Crippen LogP contribution in [0.15, 0.2) is 22.7 Å². The van der Waals surface area contributed by atoms with Crippen molar-refractivity contribution in [1.29, 1.82) is 0 Å². The van der Waals surface area contributed by atoms with Crippen LogP contribution >= 0.6 is 27.5 Å². The van der Waals surface area contributed by atoms with E-state index >= 15 is 0 Å². The van der Waals surface area contributed by atoms with E-state index in [4.69, 9.17) is 11.6 Å². The summed E-state index contributed by atoms with van der Waals surface area (Å²) in [6.07, 6.45) is 2.66. The maximum atomic E-state index is 5.96. The molecule has 0 aromatic heterocycles. The van der Waals surface area contributed by atoms with Crippen LogP contribution in [0.2, 0.25) is 5.02 Å². The number of likely N-dealkylation sites (tertiary alicyclic amines) is 1. The number of halogens is 2. The Kier molecular flexibility index (Phi) is 3.47. The van der Waals surface area contributed by atoms with Gasteiger partial charge < -0.3 is 0 Å². The van der Waals surface area contributed by atoms with Crippen LogP contribution in [-0.4, -0.2) is 18.0 Å². The quantitative estimate of drug-likeness (QED) is 0.795. The average Bonchev–Trinajstić information content (AvgIpc) is 2.64. The minimum Gasteiger partial charge on any atom is -0.299 e. The predicted molar refractivity (Wildman–Crippen MR) is 63.7 cm³/mol. The summed E-state index contributed by atoms with van der Waals surface area (Å²) in [5.41, 5.74) is 1.29. The highest BCUT2D eigenvalue weighted by Gasteiger charge is 2.13. The Bertz CT molecular complexity index is 321. The van der Waals surface area contributed by atoms with Gasteiger partial charge in [0.25, 0.3) is 0 Å². The van der Waals surface area contributed by atoms with Crippen molar-refractivity contribution in [3.8, 4) is 0 Å². The number of hydrogen-bond donors (Lipinski definition) is 0. The molecule has 0 radical (unpaired) electrons. The van der Waals surface area contributed by atoms with E-state index in [0.717, 1.165) is 16.0 Å². The molecule has 1 nitrogen and oxygen atoms in total. The summed E-state index contributed by atoms with van der Waals surface area (Å²) < 4.78 is 1.16. The summed E-state index contributed by atoms with van der Waals surface area (Å²) in [5.74, 6) is 0. The average molecular weight is 275 g/mol. The van der Waals surface area contributed by atoms with Crippen LogP contribution in [0.4, 0.5) is 0 Å². The Balaban J connectivity index is 2.10. The maximum absolute atomic E-state index is 5.96. The Morgan fingerprint density at radius 3 is 2.71 bits per heavy atom. The van der Waals surface area contributed by atoms with Crippen molar-refractivity contribution in [1.82, 2.24) is 4.90 Å². The first-order valence-electron chi connectivity index (χ1n) is 4.92. The van der Waals surface area contributed by atoms with Gasteiger partial charge in [0.05, 0.1) is 0 Å². The van der Waals surface area contributed by atoms with Crippen LogP contribution in [0.1, 0.15) is 18.4 Å². The minimum atomic E-state index is 0.822. The van der Waals surface area contributed by atoms with Gasteiger partial charge in [-0.05, 0) is 49.7 Å². The van der Waals surface area contributed by atoms with Gasteiger partial charge in [0.2, 0.25) is 0 Å². The van der Waals surface area contributed by atoms with Gasteiger partial charge in [0.15, 0.2) is 0 Å². The second-order valence-corrected chi connectivity index (χ2v) is 5.01. The molecule has 0 amide bonds. The van der Waals surface area contributed by atoms with Crippen molar-refractivity contribution >= 4 is 27.5 Å². The molecular weight excluding hydrogens is 261 g/mol. The molecule has 0 bridgehead atoms. The largest absolute Gasteiger partial charge is 0.299 e. The summed E-state index contributed by atoms with van der Waals surface area (Å²) in [5, 5.41) is 0.822. The van der Waals surface area contributed by atoms with Crippen LogP contribution in [0.25, 0.3) is 0 Å². The first-order valence-corrected chi connectivity index (χ1v) is 6.09. The highest BCUT2D eigenvalue weighted by atomic mass is 79.9. The van der Waals surface area contributed by atoms with Crippen LogP contribution in [-0.2, 0) is 6.54 Å². The second-order valence-electron chi connectivity index (χ2n) is 3.72. The molecule has 0 N–H and O–H groups in total. The van der Waals surface area contributed by atoms with E-state index in [0.29, 0.717) is 0 Å². The van der Waals surface area contributed by atoms with E-state index < -0.39 is 0 Å². The van der Waals surface area contributed by atoms with Crippen molar-refractivity contribution in [2.75, 3.05) is 13.1 Å². The molecule has 1 aliphatic rings. The fraction of sp³-hybridized carbons (Fsp3) is 0.455. The molecule has 0 atom stereocenters. The number of hydrogen-bond acceptors (Lipinski definition) is 1. The Hall–Kier alpha value is -0.0500. The third-order valence-electron chi connectivity index (χ3n) is 2.60. The standard InChI is InChI=1S/C11H13BrClN/c12-11-4-3-10(13)7-9(11)8-14-5-1-2-6-14/h3-4,7H,1-2,5-6,8H2. The molecule has 0 saturated carbocycles. The molecule has 1 aromatic rings. The molecule has 0 spiro atoms. The molecule has 1 aliphatic heterocycles. The molecular formula is C11H13BrClN. The van der Waals surface area contributed by atoms with E-state index in [1.807, 2.05) is 18.2 Å². The first kappa shape index (κ1) is 10.5. The highest BCUT2D eigenvalue weighted by Crippen LogP contribution is 2.23. The summed E-state index contributed by atoms with van der Waals surface area (Å²) >= 11 is 9.52. The normalized spacial score (nSPS) is 17.6. The zero-order chi connectivity index (χ0) is 9.97. The van der Waals surface area contributed by atoms with Gasteiger partial charge in [0.1, 0.15) is 0 Å². The Labute approximate surface area is 98.2 Å². The maximum Gasteiger partial charge on any atom is 0.0410 e. The van der Waals surface area contributed by atoms with E-state index in [1.54, 1.807) is 0 Å². The van der Waals surface area contributed by atoms with Gasteiger partial charge in [-0.3, -0.25) is 4.90 Å². The predicted octanol–water partition coefficient (Wildman–Crippen LogP) is 3.70. The molecule has 0 unspecified atom stereocenters. The fourth-order valence-electron chi connectivity index (χ4n) is 1.85. The van der Waals surface area contributed by atoms with Crippen LogP contribution in [0.3, 0.4) is 0 Å². The fourth-order valence-corrected chi connectivity index (χ4v) is 2.41. The topological polar surface area (TPSA) is 3.24 Å². The number of rotatable bonds is 2. The third kappa shape index (κ3) is 2.50. The van der Waals surface area contributed by atoms with Gasteiger partial charge in [0, 0.05) is 16.0 Å². The van der Waals surface area contributed by atoms with Gasteiger partial charge in [-0.25, -0.2) is 0 Å². The van der Waals surface area contributed by atoms with Crippen LogP contribution in [0, 0.1) is 0 Å². The van der Waals surface area contributed by atoms with E-state index in [1.165, 1.54) is 31.5 Å². The molecule has 1 heterocycles. The monoisotopic (exact) mass is 273 g/mol. The van der Waals surface area contributed by atoms with Crippen molar-refractivity contribution in [3.05, 3.63) is 33.3 Å². The van der Waals surface area contributed by atoms with E-state index in [2.05, 4.69) is 20.8 Å². The third-order valence-corrected chi connectivity index (χ3v) is 3.61. The SMILES string of the molecule is Clc1ccc(Br)c(CN2CCCC2)c1. The lowest BCUT2D eigenvalue weighted by Crippen LogP contribution is -2.18. The van der Waals surface area contributed by atoms with Gasteiger partial charge in [-0.15, -0.1) is 0 Å². The van der Waals surface area contributed by atoms with Gasteiger partial charge in [-0.1, -0.05) is 27.5 Å². The summed E-state index contributed by atoms with van der Waals surface area (Å²) in [6, 6.07) is 5.98. The van der Waals surface area contributed by atoms with Gasteiger partial charge >= 0.3 is 0 Å². The molecule has 14 heavy (non-hydrogen) atoms. The first-order chi connectivity index (χ1) is 6.75. The lowest BCUT2D eigenvalue weighted by atomic mass is 10.2. The number of benzene rings is 1. The molecule has 1 fully saturated rings. The number of nitrogens with zero attached hydrogens (tertiary/aromatic N) is 1. The Morgan fingerprint density at radius 2 is 2.00 bits per heavy atom. The van der Waals surface area contributed by atoms with Crippen molar-refractivity contribution in [2.24, 2.45) is 0 Å². The van der Waals surface area contributed by atoms with Crippen molar-refractivity contribution in [3.63, 3.8) is 0 Å². The summed E-state index contributed by atoms with van der Waals surface area (Å²) in [4.78, 5) is 2.47. The van der Waals surface area contributed by atoms with Crippen molar-refractivity contribution in [2.45, 2.75) is 19.4 Å². The molecule has 76 valence electrons. The zero-order valence-electron chi connectivity index (χ0n) is 7.97. The van der Waals surface area contributed by atoms with Crippen LogP contribution in [0.5, 0.6) is 0 Å². The van der Waals surface area contributed by atoms with Crippen LogP contribution < -0.4 is 0 Å².